The molecule has 124 valence electrons. The molecule has 2 aromatic heterocycles. The van der Waals surface area contributed by atoms with E-state index in [4.69, 9.17) is 5.73 Å². The van der Waals surface area contributed by atoms with Gasteiger partial charge in [-0.3, -0.25) is 0 Å². The predicted octanol–water partition coefficient (Wildman–Crippen LogP) is 4.54. The second kappa shape index (κ2) is 6.38. The standard InChI is InChI=1S/C17H11BrFN5S/c18-11-6-7-14(12(19)8-11)24-16(20)15(22-23-24)17-21-13(9-25-17)10-4-2-1-3-5-10/h1-9H,20H2. The van der Waals surface area contributed by atoms with Gasteiger partial charge in [-0.05, 0) is 18.2 Å². The molecule has 5 nitrogen and oxygen atoms in total. The molecule has 2 heterocycles. The number of nitrogens with two attached hydrogens (primary N) is 1. The Balaban J connectivity index is 1.74. The number of benzene rings is 2. The third-order valence-corrected chi connectivity index (χ3v) is 4.96. The van der Waals surface area contributed by atoms with E-state index in [0.717, 1.165) is 11.3 Å². The number of nitrogen functional groups attached to an aromatic ring is 1. The molecule has 0 fully saturated rings. The fourth-order valence-corrected chi connectivity index (χ4v) is 3.55. The van der Waals surface area contributed by atoms with Crippen molar-refractivity contribution in [2.45, 2.75) is 0 Å². The summed E-state index contributed by atoms with van der Waals surface area (Å²) in [7, 11) is 0. The third kappa shape index (κ3) is 2.94. The topological polar surface area (TPSA) is 69.6 Å². The van der Waals surface area contributed by atoms with Gasteiger partial charge in [0.25, 0.3) is 0 Å². The van der Waals surface area contributed by atoms with Crippen LogP contribution < -0.4 is 5.73 Å². The van der Waals surface area contributed by atoms with Crippen molar-refractivity contribution in [3.8, 4) is 27.6 Å². The van der Waals surface area contributed by atoms with Gasteiger partial charge in [-0.15, -0.1) is 16.4 Å². The molecule has 0 spiro atoms. The maximum absolute atomic E-state index is 14.2. The summed E-state index contributed by atoms with van der Waals surface area (Å²) in [4.78, 5) is 4.58. The molecule has 0 atom stereocenters. The van der Waals surface area contributed by atoms with Gasteiger partial charge in [0.1, 0.15) is 16.5 Å². The van der Waals surface area contributed by atoms with Crippen LogP contribution in [0, 0.1) is 5.82 Å². The molecule has 0 saturated carbocycles. The first-order chi connectivity index (χ1) is 12.1. The number of nitrogens with zero attached hydrogens (tertiary/aromatic N) is 4. The van der Waals surface area contributed by atoms with Crippen LogP contribution in [0.4, 0.5) is 10.2 Å². The normalized spacial score (nSPS) is 11.0. The Morgan fingerprint density at radius 2 is 1.92 bits per heavy atom. The molecular weight excluding hydrogens is 405 g/mol. The average Bonchev–Trinajstić information content (AvgIpc) is 3.23. The van der Waals surface area contributed by atoms with E-state index in [2.05, 4.69) is 31.2 Å². The van der Waals surface area contributed by atoms with Crippen LogP contribution in [-0.4, -0.2) is 20.0 Å². The molecule has 0 unspecified atom stereocenters. The zero-order valence-corrected chi connectivity index (χ0v) is 15.1. The molecule has 0 amide bonds. The van der Waals surface area contributed by atoms with Crippen molar-refractivity contribution < 1.29 is 4.39 Å². The molecule has 2 N–H and O–H groups in total. The van der Waals surface area contributed by atoms with Crippen LogP contribution in [0.15, 0.2) is 58.4 Å². The fourth-order valence-electron chi connectivity index (χ4n) is 2.40. The Morgan fingerprint density at radius 1 is 1.12 bits per heavy atom. The second-order valence-electron chi connectivity index (χ2n) is 5.23. The van der Waals surface area contributed by atoms with Crippen LogP contribution in [0.25, 0.3) is 27.6 Å². The highest BCUT2D eigenvalue weighted by Crippen LogP contribution is 2.32. The van der Waals surface area contributed by atoms with E-state index in [1.54, 1.807) is 12.1 Å². The van der Waals surface area contributed by atoms with E-state index >= 15 is 0 Å². The molecule has 0 aliphatic heterocycles. The van der Waals surface area contributed by atoms with Gasteiger partial charge in [0.15, 0.2) is 11.5 Å². The van der Waals surface area contributed by atoms with Gasteiger partial charge in [-0.2, -0.15) is 4.68 Å². The first-order valence-electron chi connectivity index (χ1n) is 7.31. The van der Waals surface area contributed by atoms with Crippen molar-refractivity contribution in [1.29, 1.82) is 0 Å². The number of thiazole rings is 1. The zero-order valence-electron chi connectivity index (χ0n) is 12.7. The number of rotatable bonds is 3. The van der Waals surface area contributed by atoms with E-state index in [0.29, 0.717) is 15.2 Å². The second-order valence-corrected chi connectivity index (χ2v) is 7.01. The minimum Gasteiger partial charge on any atom is -0.382 e. The highest BCUT2D eigenvalue weighted by atomic mass is 79.9. The number of hydrogen-bond donors (Lipinski definition) is 1. The van der Waals surface area contributed by atoms with Crippen LogP contribution in [-0.2, 0) is 0 Å². The van der Waals surface area contributed by atoms with Crippen LogP contribution >= 0.6 is 27.3 Å². The quantitative estimate of drug-likeness (QED) is 0.533. The Hall–Kier alpha value is -2.58. The zero-order chi connectivity index (χ0) is 17.4. The summed E-state index contributed by atoms with van der Waals surface area (Å²) in [6.45, 7) is 0. The van der Waals surface area contributed by atoms with Gasteiger partial charge >= 0.3 is 0 Å². The van der Waals surface area contributed by atoms with Crippen molar-refractivity contribution in [3.05, 3.63) is 64.2 Å². The fraction of sp³-hybridized carbons (Fsp3) is 0. The lowest BCUT2D eigenvalue weighted by molar-refractivity contribution is 0.607. The summed E-state index contributed by atoms with van der Waals surface area (Å²) >= 11 is 4.65. The molecule has 0 saturated heterocycles. The average molecular weight is 416 g/mol. The van der Waals surface area contributed by atoms with Gasteiger partial charge in [-0.25, -0.2) is 9.37 Å². The Kier molecular flexibility index (Phi) is 4.06. The van der Waals surface area contributed by atoms with Gasteiger partial charge in [0, 0.05) is 15.4 Å². The lowest BCUT2D eigenvalue weighted by atomic mass is 10.2. The summed E-state index contributed by atoms with van der Waals surface area (Å²) < 4.78 is 16.1. The van der Waals surface area contributed by atoms with Gasteiger partial charge in [-0.1, -0.05) is 51.5 Å². The first kappa shape index (κ1) is 15.9. The van der Waals surface area contributed by atoms with Crippen molar-refractivity contribution in [2.75, 3.05) is 5.73 Å². The number of aromatic nitrogens is 4. The lowest BCUT2D eigenvalue weighted by Crippen LogP contribution is -2.04. The van der Waals surface area contributed by atoms with Crippen molar-refractivity contribution in [2.24, 2.45) is 0 Å². The maximum Gasteiger partial charge on any atom is 0.165 e. The van der Waals surface area contributed by atoms with Crippen LogP contribution in [0.5, 0.6) is 0 Å². The van der Waals surface area contributed by atoms with Crippen molar-refractivity contribution >= 4 is 33.1 Å². The van der Waals surface area contributed by atoms with E-state index in [9.17, 15) is 4.39 Å². The Morgan fingerprint density at radius 3 is 2.68 bits per heavy atom. The smallest absolute Gasteiger partial charge is 0.165 e. The minimum atomic E-state index is -0.443. The van der Waals surface area contributed by atoms with Crippen molar-refractivity contribution in [1.82, 2.24) is 20.0 Å². The highest BCUT2D eigenvalue weighted by Gasteiger charge is 2.18. The summed E-state index contributed by atoms with van der Waals surface area (Å²) in [5.74, 6) is -0.197. The van der Waals surface area contributed by atoms with Gasteiger partial charge < -0.3 is 5.73 Å². The SMILES string of the molecule is Nc1c(-c2nc(-c3ccccc3)cs2)nnn1-c1ccc(Br)cc1F. The highest BCUT2D eigenvalue weighted by molar-refractivity contribution is 9.10. The Bertz CT molecular complexity index is 1040. The van der Waals surface area contributed by atoms with Crippen LogP contribution in [0.3, 0.4) is 0 Å². The van der Waals surface area contributed by atoms with Crippen LogP contribution in [0.1, 0.15) is 0 Å². The monoisotopic (exact) mass is 415 g/mol. The molecule has 0 bridgehead atoms. The number of halogens is 2. The molecule has 8 heteroatoms. The lowest BCUT2D eigenvalue weighted by Gasteiger charge is -2.04. The molecule has 25 heavy (non-hydrogen) atoms. The van der Waals surface area contributed by atoms with E-state index < -0.39 is 5.82 Å². The van der Waals surface area contributed by atoms with E-state index in [1.807, 2.05) is 35.7 Å². The minimum absolute atomic E-state index is 0.235. The maximum atomic E-state index is 14.2. The third-order valence-electron chi connectivity index (χ3n) is 3.62. The van der Waals surface area contributed by atoms with E-state index in [1.165, 1.54) is 22.1 Å². The number of hydrogen-bond acceptors (Lipinski definition) is 5. The summed E-state index contributed by atoms with van der Waals surface area (Å²) in [6, 6.07) is 14.5. The van der Waals surface area contributed by atoms with Crippen LogP contribution in [0.2, 0.25) is 0 Å². The molecule has 4 rings (SSSR count). The molecule has 4 aromatic rings. The largest absolute Gasteiger partial charge is 0.382 e. The Labute approximate surface area is 155 Å². The predicted molar refractivity (Wildman–Crippen MR) is 100.0 cm³/mol. The summed E-state index contributed by atoms with van der Waals surface area (Å²) in [5, 5.41) is 10.7. The first-order valence-corrected chi connectivity index (χ1v) is 8.98. The molecule has 0 radical (unpaired) electrons. The molecule has 0 aliphatic rings. The van der Waals surface area contributed by atoms with Gasteiger partial charge in [0.2, 0.25) is 0 Å². The van der Waals surface area contributed by atoms with Gasteiger partial charge in [0.05, 0.1) is 5.69 Å². The summed E-state index contributed by atoms with van der Waals surface area (Å²) in [5.41, 5.74) is 8.67. The molecular formula is C17H11BrFN5S. The number of anilines is 1. The van der Waals surface area contributed by atoms with E-state index in [-0.39, 0.29) is 11.5 Å². The van der Waals surface area contributed by atoms with Crippen molar-refractivity contribution in [3.63, 3.8) is 0 Å². The molecule has 0 aliphatic carbocycles. The summed E-state index contributed by atoms with van der Waals surface area (Å²) in [6.07, 6.45) is 0. The molecule has 2 aromatic carbocycles.